The molecule has 11 heteroatoms. The Morgan fingerprint density at radius 3 is 2.61 bits per heavy atom. The smallest absolute Gasteiger partial charge is 0.348 e. The number of fused-ring (bicyclic) bond motifs is 1. The molecule has 1 aromatic heterocycles. The Kier molecular flexibility index (Phi) is 7.68. The number of ether oxygens (including phenoxy) is 1. The van der Waals surface area contributed by atoms with Crippen molar-refractivity contribution in [2.75, 3.05) is 22.8 Å². The summed E-state index contributed by atoms with van der Waals surface area (Å²) in [6, 6.07) is 13.2. The van der Waals surface area contributed by atoms with Gasteiger partial charge in [0, 0.05) is 12.1 Å². The molecule has 1 aliphatic rings. The summed E-state index contributed by atoms with van der Waals surface area (Å²) in [6.07, 6.45) is 1.56. The molecule has 0 saturated carbocycles. The van der Waals surface area contributed by atoms with Crippen molar-refractivity contribution in [2.45, 2.75) is 36.5 Å². The number of nitrogens with one attached hydrogen (secondary N) is 1. The molecule has 0 spiro atoms. The van der Waals surface area contributed by atoms with Crippen molar-refractivity contribution in [3.63, 3.8) is 0 Å². The summed E-state index contributed by atoms with van der Waals surface area (Å²) in [5.41, 5.74) is 2.47. The molecule has 0 fully saturated rings. The van der Waals surface area contributed by atoms with E-state index in [1.807, 2.05) is 23.6 Å². The zero-order valence-electron chi connectivity index (χ0n) is 19.6. The van der Waals surface area contributed by atoms with E-state index in [0.29, 0.717) is 32.6 Å². The fourth-order valence-corrected chi connectivity index (χ4v) is 7.31. The van der Waals surface area contributed by atoms with E-state index >= 15 is 0 Å². The molecule has 36 heavy (non-hydrogen) atoms. The Morgan fingerprint density at radius 1 is 1.19 bits per heavy atom. The fourth-order valence-electron chi connectivity index (χ4n) is 3.97. The van der Waals surface area contributed by atoms with Crippen molar-refractivity contribution in [3.8, 4) is 5.40 Å². The molecule has 2 aromatic carbocycles. The van der Waals surface area contributed by atoms with Gasteiger partial charge in [-0.05, 0) is 79.9 Å². The molecule has 186 valence electrons. The normalized spacial score (nSPS) is 13.0. The monoisotopic (exact) mass is 541 g/mol. The number of para-hydroxylation sites is 1. The molecule has 0 atom stereocenters. The zero-order chi connectivity index (χ0) is 25.9. The summed E-state index contributed by atoms with van der Waals surface area (Å²) in [4.78, 5) is 26.1. The second-order valence-electron chi connectivity index (χ2n) is 7.92. The highest BCUT2D eigenvalue weighted by Gasteiger charge is 2.29. The number of carbonyl (C=O) groups excluding carboxylic acids is 2. The van der Waals surface area contributed by atoms with E-state index in [9.17, 15) is 23.3 Å². The quantitative estimate of drug-likeness (QED) is 0.248. The van der Waals surface area contributed by atoms with Crippen molar-refractivity contribution < 1.29 is 22.7 Å². The number of benzene rings is 2. The first-order valence-corrected chi connectivity index (χ1v) is 14.2. The van der Waals surface area contributed by atoms with Crippen LogP contribution in [0.3, 0.4) is 0 Å². The predicted molar refractivity (Wildman–Crippen MR) is 140 cm³/mol. The van der Waals surface area contributed by atoms with E-state index in [-0.39, 0.29) is 17.1 Å². The lowest BCUT2D eigenvalue weighted by atomic mass is 10.0. The minimum atomic E-state index is -3.80. The number of rotatable bonds is 7. The number of thiophene rings is 1. The molecule has 0 unspecified atom stereocenters. The highest BCUT2D eigenvalue weighted by molar-refractivity contribution is 8.04. The number of anilines is 2. The van der Waals surface area contributed by atoms with Crippen LogP contribution >= 0.6 is 23.1 Å². The molecular formula is C25H23N3O5S3. The Bertz CT molecular complexity index is 1460. The summed E-state index contributed by atoms with van der Waals surface area (Å²) in [6.45, 7) is 3.98. The Labute approximate surface area is 217 Å². The third-order valence-electron chi connectivity index (χ3n) is 5.70. The summed E-state index contributed by atoms with van der Waals surface area (Å²) in [5.74, 6) is -1.01. The zero-order valence-corrected chi connectivity index (χ0v) is 22.1. The van der Waals surface area contributed by atoms with Gasteiger partial charge >= 0.3 is 5.97 Å². The van der Waals surface area contributed by atoms with Gasteiger partial charge in [-0.25, -0.2) is 13.2 Å². The average molecular weight is 542 g/mol. The lowest BCUT2D eigenvalue weighted by Gasteiger charge is -2.30. The van der Waals surface area contributed by atoms with Gasteiger partial charge in [0.2, 0.25) is 0 Å². The van der Waals surface area contributed by atoms with Gasteiger partial charge in [-0.3, -0.25) is 9.10 Å². The maximum atomic E-state index is 13.3. The second-order valence-corrected chi connectivity index (χ2v) is 11.6. The maximum Gasteiger partial charge on any atom is 0.348 e. The topological polar surface area (TPSA) is 117 Å². The van der Waals surface area contributed by atoms with E-state index in [1.54, 1.807) is 19.9 Å². The molecular weight excluding hydrogens is 518 g/mol. The van der Waals surface area contributed by atoms with Crippen LogP contribution in [0.15, 0.2) is 58.3 Å². The van der Waals surface area contributed by atoms with E-state index in [0.717, 1.165) is 41.5 Å². The first-order chi connectivity index (χ1) is 17.3. The Hall–Kier alpha value is -3.33. The van der Waals surface area contributed by atoms with Gasteiger partial charge in [-0.2, -0.15) is 5.26 Å². The summed E-state index contributed by atoms with van der Waals surface area (Å²) in [5, 5.41) is 14.2. The van der Waals surface area contributed by atoms with Gasteiger partial charge in [-0.15, -0.1) is 11.3 Å². The lowest BCUT2D eigenvalue weighted by Crippen LogP contribution is -2.35. The number of sulfonamides is 1. The highest BCUT2D eigenvalue weighted by Crippen LogP contribution is 2.40. The molecule has 0 saturated heterocycles. The van der Waals surface area contributed by atoms with Gasteiger partial charge in [0.1, 0.15) is 15.3 Å². The molecule has 8 nitrogen and oxygen atoms in total. The summed E-state index contributed by atoms with van der Waals surface area (Å²) in [7, 11) is -3.80. The van der Waals surface area contributed by atoms with Gasteiger partial charge in [0.25, 0.3) is 15.9 Å². The molecule has 1 amide bonds. The number of carbonyl (C=O) groups is 2. The largest absolute Gasteiger partial charge is 0.462 e. The van der Waals surface area contributed by atoms with Gasteiger partial charge in [0.15, 0.2) is 0 Å². The SMILES string of the molecule is CCOC(=O)c1sc(NC(=O)c2ccc(S(=O)(=O)N3CCCc4ccccc43)cc2)c(SC#N)c1C. The summed E-state index contributed by atoms with van der Waals surface area (Å²) < 4.78 is 33.2. The lowest BCUT2D eigenvalue weighted by molar-refractivity contribution is 0.0531. The predicted octanol–water partition coefficient (Wildman–Crippen LogP) is 5.20. The molecule has 3 aromatic rings. The van der Waals surface area contributed by atoms with Crippen LogP contribution in [0.5, 0.6) is 0 Å². The minimum absolute atomic E-state index is 0.0908. The third-order valence-corrected chi connectivity index (χ3v) is 9.65. The molecule has 4 rings (SSSR count). The number of aryl methyl sites for hydroxylation is 1. The molecule has 0 aliphatic carbocycles. The van der Waals surface area contributed by atoms with Crippen LogP contribution in [0.4, 0.5) is 10.7 Å². The van der Waals surface area contributed by atoms with Gasteiger partial charge in [-0.1, -0.05) is 18.2 Å². The number of hydrogen-bond donors (Lipinski definition) is 1. The molecule has 0 bridgehead atoms. The first-order valence-electron chi connectivity index (χ1n) is 11.2. The summed E-state index contributed by atoms with van der Waals surface area (Å²) >= 11 is 1.88. The van der Waals surface area contributed by atoms with Crippen LogP contribution in [0.1, 0.15) is 44.5 Å². The van der Waals surface area contributed by atoms with Crippen molar-refractivity contribution in [3.05, 3.63) is 70.1 Å². The third kappa shape index (κ3) is 4.97. The number of nitrogens with zero attached hydrogens (tertiary/aromatic N) is 2. The van der Waals surface area contributed by atoms with Crippen LogP contribution in [0, 0.1) is 17.6 Å². The van der Waals surface area contributed by atoms with Gasteiger partial charge < -0.3 is 10.1 Å². The van der Waals surface area contributed by atoms with Crippen molar-refractivity contribution in [2.24, 2.45) is 0 Å². The maximum absolute atomic E-state index is 13.3. The van der Waals surface area contributed by atoms with Gasteiger partial charge in [0.05, 0.1) is 22.1 Å². The van der Waals surface area contributed by atoms with Crippen LogP contribution in [-0.4, -0.2) is 33.4 Å². The van der Waals surface area contributed by atoms with E-state index < -0.39 is 21.9 Å². The number of thioether (sulfide) groups is 1. The fraction of sp³-hybridized carbons (Fsp3) is 0.240. The number of esters is 1. The molecule has 1 aliphatic heterocycles. The van der Waals surface area contributed by atoms with E-state index in [2.05, 4.69) is 5.32 Å². The standard InChI is InChI=1S/C25H23N3O5S3/c1-3-33-25(30)22-16(2)21(34-15-26)24(35-22)27-23(29)18-10-12-19(13-11-18)36(31,32)28-14-6-8-17-7-4-5-9-20(17)28/h4-5,7,9-13H,3,6,8,14H2,1-2H3,(H,27,29). The molecule has 0 radical (unpaired) electrons. The molecule has 1 N–H and O–H groups in total. The van der Waals surface area contributed by atoms with Crippen LogP contribution in [0.25, 0.3) is 0 Å². The van der Waals surface area contributed by atoms with E-state index in [4.69, 9.17) is 4.74 Å². The van der Waals surface area contributed by atoms with Crippen molar-refractivity contribution in [1.82, 2.24) is 0 Å². The Morgan fingerprint density at radius 2 is 1.92 bits per heavy atom. The number of nitriles is 1. The van der Waals surface area contributed by atoms with Crippen molar-refractivity contribution >= 4 is 55.7 Å². The Balaban J connectivity index is 1.57. The van der Waals surface area contributed by atoms with Crippen molar-refractivity contribution in [1.29, 1.82) is 5.26 Å². The number of hydrogen-bond acceptors (Lipinski definition) is 8. The van der Waals surface area contributed by atoms with Crippen LogP contribution < -0.4 is 9.62 Å². The van der Waals surface area contributed by atoms with Crippen LogP contribution in [-0.2, 0) is 21.2 Å². The first kappa shape index (κ1) is 25.8. The number of amides is 1. The highest BCUT2D eigenvalue weighted by atomic mass is 32.2. The van der Waals surface area contributed by atoms with Crippen LogP contribution in [0.2, 0.25) is 0 Å². The molecule has 2 heterocycles. The second kappa shape index (κ2) is 10.7. The number of thiocyanates is 1. The average Bonchev–Trinajstić information content (AvgIpc) is 3.19. The minimum Gasteiger partial charge on any atom is -0.462 e. The van der Waals surface area contributed by atoms with E-state index in [1.165, 1.54) is 28.6 Å².